The van der Waals surface area contributed by atoms with Gasteiger partial charge in [0.1, 0.15) is 5.75 Å². The van der Waals surface area contributed by atoms with Crippen LogP contribution in [0.25, 0.3) is 0 Å². The number of nitrogens with one attached hydrogen (secondary N) is 1. The molecule has 6 nitrogen and oxygen atoms in total. The first-order valence-electron chi connectivity index (χ1n) is 7.82. The minimum atomic E-state index is -3.20. The molecule has 1 fully saturated rings. The van der Waals surface area contributed by atoms with Gasteiger partial charge in [0.2, 0.25) is 5.91 Å². The molecule has 0 saturated heterocycles. The standard InChI is InChI=1S/C16H24N2O4S/c1-23(20,21)15-8-6-14(7-9-15)22-11-10-16(19)18-13-4-2-12(17)3-5-13/h6-9,12-13H,2-5,10-11,17H2,1H3,(H,18,19). The fourth-order valence-corrected chi connectivity index (χ4v) is 3.24. The summed E-state index contributed by atoms with van der Waals surface area (Å²) in [5, 5.41) is 3.00. The number of amides is 1. The second-order valence-corrected chi connectivity index (χ2v) is 8.04. The van der Waals surface area contributed by atoms with Crippen LogP contribution in [0, 0.1) is 0 Å². The van der Waals surface area contributed by atoms with Gasteiger partial charge in [-0.05, 0) is 49.9 Å². The van der Waals surface area contributed by atoms with Crippen LogP contribution < -0.4 is 15.8 Å². The van der Waals surface area contributed by atoms with Crippen LogP contribution in [0.2, 0.25) is 0 Å². The van der Waals surface area contributed by atoms with E-state index >= 15 is 0 Å². The Hall–Kier alpha value is -1.60. The molecule has 0 heterocycles. The molecular formula is C16H24N2O4S. The van der Waals surface area contributed by atoms with E-state index in [2.05, 4.69) is 5.32 Å². The van der Waals surface area contributed by atoms with Gasteiger partial charge in [0.05, 0.1) is 17.9 Å². The SMILES string of the molecule is CS(=O)(=O)c1ccc(OCCC(=O)NC2CCC(N)CC2)cc1. The third-order valence-corrected chi connectivity index (χ3v) is 5.12. The highest BCUT2D eigenvalue weighted by Gasteiger charge is 2.19. The molecule has 0 aromatic heterocycles. The van der Waals surface area contributed by atoms with Crippen LogP contribution in [0.3, 0.4) is 0 Å². The number of nitrogens with two attached hydrogens (primary N) is 1. The van der Waals surface area contributed by atoms with Gasteiger partial charge in [0.25, 0.3) is 0 Å². The van der Waals surface area contributed by atoms with Crippen molar-refractivity contribution in [2.45, 2.75) is 49.1 Å². The summed E-state index contributed by atoms with van der Waals surface area (Å²) in [6.07, 6.45) is 5.20. The summed E-state index contributed by atoms with van der Waals surface area (Å²) in [6, 6.07) is 6.66. The molecule has 3 N–H and O–H groups in total. The lowest BCUT2D eigenvalue weighted by molar-refractivity contribution is -0.122. The summed E-state index contributed by atoms with van der Waals surface area (Å²) in [4.78, 5) is 12.1. The van der Waals surface area contributed by atoms with Crippen molar-refractivity contribution >= 4 is 15.7 Å². The van der Waals surface area contributed by atoms with E-state index in [1.807, 2.05) is 0 Å². The average molecular weight is 340 g/mol. The number of carbonyl (C=O) groups excluding carboxylic acids is 1. The minimum Gasteiger partial charge on any atom is -0.493 e. The predicted molar refractivity (Wildman–Crippen MR) is 88.0 cm³/mol. The Balaban J connectivity index is 1.71. The smallest absolute Gasteiger partial charge is 0.223 e. The van der Waals surface area contributed by atoms with Crippen molar-refractivity contribution in [1.29, 1.82) is 0 Å². The van der Waals surface area contributed by atoms with Gasteiger partial charge in [0.15, 0.2) is 9.84 Å². The molecule has 0 bridgehead atoms. The zero-order valence-electron chi connectivity index (χ0n) is 13.3. The van der Waals surface area contributed by atoms with E-state index in [0.29, 0.717) is 5.75 Å². The molecule has 0 atom stereocenters. The van der Waals surface area contributed by atoms with Crippen molar-refractivity contribution in [2.24, 2.45) is 5.73 Å². The first-order chi connectivity index (χ1) is 10.8. The molecule has 0 unspecified atom stereocenters. The van der Waals surface area contributed by atoms with Gasteiger partial charge in [-0.25, -0.2) is 8.42 Å². The first-order valence-corrected chi connectivity index (χ1v) is 9.71. The maximum Gasteiger partial charge on any atom is 0.223 e. The molecule has 0 spiro atoms. The van der Waals surface area contributed by atoms with Gasteiger partial charge in [-0.3, -0.25) is 4.79 Å². The van der Waals surface area contributed by atoms with Crippen molar-refractivity contribution in [2.75, 3.05) is 12.9 Å². The van der Waals surface area contributed by atoms with Crippen molar-refractivity contribution in [3.8, 4) is 5.75 Å². The summed E-state index contributed by atoms with van der Waals surface area (Å²) in [6.45, 7) is 0.260. The molecule has 0 radical (unpaired) electrons. The molecule has 128 valence electrons. The second-order valence-electron chi connectivity index (χ2n) is 6.02. The number of hydrogen-bond donors (Lipinski definition) is 2. The van der Waals surface area contributed by atoms with Crippen LogP contribution >= 0.6 is 0 Å². The van der Waals surface area contributed by atoms with Crippen LogP contribution in [-0.2, 0) is 14.6 Å². The second kappa shape index (κ2) is 7.79. The summed E-state index contributed by atoms with van der Waals surface area (Å²) in [5.41, 5.74) is 5.84. The van der Waals surface area contributed by atoms with E-state index in [-0.39, 0.29) is 35.9 Å². The molecule has 7 heteroatoms. The van der Waals surface area contributed by atoms with Gasteiger partial charge in [-0.2, -0.15) is 0 Å². The highest BCUT2D eigenvalue weighted by atomic mass is 32.2. The zero-order chi connectivity index (χ0) is 16.9. The van der Waals surface area contributed by atoms with E-state index in [4.69, 9.17) is 10.5 Å². The fraction of sp³-hybridized carbons (Fsp3) is 0.562. The molecule has 1 aliphatic rings. The van der Waals surface area contributed by atoms with E-state index in [1.54, 1.807) is 12.1 Å². The molecule has 23 heavy (non-hydrogen) atoms. The number of hydrogen-bond acceptors (Lipinski definition) is 5. The maximum atomic E-state index is 11.9. The van der Waals surface area contributed by atoms with Crippen LogP contribution in [0.5, 0.6) is 5.75 Å². The van der Waals surface area contributed by atoms with Crippen molar-refractivity contribution in [3.63, 3.8) is 0 Å². The van der Waals surface area contributed by atoms with E-state index in [1.165, 1.54) is 12.1 Å². The van der Waals surface area contributed by atoms with Crippen molar-refractivity contribution in [1.82, 2.24) is 5.32 Å². The number of sulfone groups is 1. The Morgan fingerprint density at radius 3 is 2.39 bits per heavy atom. The largest absolute Gasteiger partial charge is 0.493 e. The third kappa shape index (κ3) is 5.84. The Kier molecular flexibility index (Phi) is 6.01. The average Bonchev–Trinajstić information content (AvgIpc) is 2.49. The Morgan fingerprint density at radius 2 is 1.83 bits per heavy atom. The van der Waals surface area contributed by atoms with Gasteiger partial charge >= 0.3 is 0 Å². The summed E-state index contributed by atoms with van der Waals surface area (Å²) < 4.78 is 28.2. The maximum absolute atomic E-state index is 11.9. The lowest BCUT2D eigenvalue weighted by Gasteiger charge is -2.26. The molecule has 1 saturated carbocycles. The molecular weight excluding hydrogens is 316 g/mol. The molecule has 1 aromatic rings. The normalized spacial score (nSPS) is 21.7. The molecule has 1 aromatic carbocycles. The Bertz CT molecular complexity index is 620. The van der Waals surface area contributed by atoms with Crippen LogP contribution in [0.1, 0.15) is 32.1 Å². The highest BCUT2D eigenvalue weighted by molar-refractivity contribution is 7.90. The number of ether oxygens (including phenoxy) is 1. The van der Waals surface area contributed by atoms with E-state index < -0.39 is 9.84 Å². The van der Waals surface area contributed by atoms with Crippen LogP contribution in [-0.4, -0.2) is 39.3 Å². The van der Waals surface area contributed by atoms with Crippen molar-refractivity contribution < 1.29 is 17.9 Å². The lowest BCUT2D eigenvalue weighted by atomic mass is 9.92. The molecule has 1 amide bonds. The van der Waals surface area contributed by atoms with E-state index in [0.717, 1.165) is 31.9 Å². The number of carbonyl (C=O) groups is 1. The quantitative estimate of drug-likeness (QED) is 0.812. The third-order valence-electron chi connectivity index (χ3n) is 3.99. The van der Waals surface area contributed by atoms with Gasteiger partial charge < -0.3 is 15.8 Å². The monoisotopic (exact) mass is 340 g/mol. The van der Waals surface area contributed by atoms with Crippen LogP contribution in [0.4, 0.5) is 0 Å². The van der Waals surface area contributed by atoms with Crippen molar-refractivity contribution in [3.05, 3.63) is 24.3 Å². The molecule has 2 rings (SSSR count). The fourth-order valence-electron chi connectivity index (χ4n) is 2.61. The van der Waals surface area contributed by atoms with E-state index in [9.17, 15) is 13.2 Å². The number of benzene rings is 1. The number of rotatable bonds is 6. The molecule has 1 aliphatic carbocycles. The topological polar surface area (TPSA) is 98.5 Å². The summed E-state index contributed by atoms with van der Waals surface area (Å²) in [7, 11) is -3.20. The van der Waals surface area contributed by atoms with Crippen LogP contribution in [0.15, 0.2) is 29.2 Å². The zero-order valence-corrected chi connectivity index (χ0v) is 14.1. The first kappa shape index (κ1) is 17.7. The minimum absolute atomic E-state index is 0.0294. The van der Waals surface area contributed by atoms with Gasteiger partial charge in [0, 0.05) is 18.3 Å². The highest BCUT2D eigenvalue weighted by Crippen LogP contribution is 2.17. The molecule has 0 aliphatic heterocycles. The Labute approximate surface area is 137 Å². The summed E-state index contributed by atoms with van der Waals surface area (Å²) in [5.74, 6) is 0.520. The van der Waals surface area contributed by atoms with Gasteiger partial charge in [-0.1, -0.05) is 0 Å². The Morgan fingerprint density at radius 1 is 1.22 bits per heavy atom. The predicted octanol–water partition coefficient (Wildman–Crippen LogP) is 1.25. The van der Waals surface area contributed by atoms with Gasteiger partial charge in [-0.15, -0.1) is 0 Å². The lowest BCUT2D eigenvalue weighted by Crippen LogP contribution is -2.40. The summed E-state index contributed by atoms with van der Waals surface area (Å²) >= 11 is 0.